The second-order valence-electron chi connectivity index (χ2n) is 3.57. The van der Waals surface area contributed by atoms with Crippen molar-refractivity contribution in [1.29, 1.82) is 0 Å². The predicted molar refractivity (Wildman–Crippen MR) is 57.1 cm³/mol. The van der Waals surface area contributed by atoms with Crippen LogP contribution in [0.4, 0.5) is 5.69 Å². The Morgan fingerprint density at radius 1 is 1.33 bits per heavy atom. The van der Waals surface area contributed by atoms with E-state index in [2.05, 4.69) is 5.43 Å². The van der Waals surface area contributed by atoms with Gasteiger partial charge in [-0.25, -0.2) is 10.4 Å². The lowest BCUT2D eigenvalue weighted by Crippen LogP contribution is -2.47. The van der Waals surface area contributed by atoms with Crippen LogP contribution >= 0.6 is 0 Å². The first kappa shape index (κ1) is 10.1. The van der Waals surface area contributed by atoms with E-state index in [1.165, 1.54) is 0 Å². The van der Waals surface area contributed by atoms with Crippen LogP contribution in [0, 0.1) is 0 Å². The number of aliphatic hydroxyl groups is 1. The third-order valence-electron chi connectivity index (χ3n) is 2.46. The molecule has 1 saturated heterocycles. The van der Waals surface area contributed by atoms with Crippen molar-refractivity contribution in [3.05, 3.63) is 29.8 Å². The number of anilines is 1. The van der Waals surface area contributed by atoms with Gasteiger partial charge in [-0.3, -0.25) is 4.79 Å². The number of nitrogens with one attached hydrogen (secondary N) is 1. The lowest BCUT2D eigenvalue weighted by atomic mass is 10.2. The maximum absolute atomic E-state index is 11.6. The van der Waals surface area contributed by atoms with Crippen LogP contribution in [0.2, 0.25) is 0 Å². The summed E-state index contributed by atoms with van der Waals surface area (Å²) in [5, 5.41) is 10.5. The Labute approximate surface area is 88.5 Å². The number of rotatable bonds is 2. The molecule has 1 amide bonds. The molecule has 1 aliphatic heterocycles. The Morgan fingerprint density at radius 3 is 2.67 bits per heavy atom. The fraction of sp³-hybridized carbons (Fsp3) is 0.364. The summed E-state index contributed by atoms with van der Waals surface area (Å²) in [6.07, 6.45) is 1.48. The van der Waals surface area contributed by atoms with Gasteiger partial charge in [0.15, 0.2) is 0 Å². The number of hydrazine groups is 1. The van der Waals surface area contributed by atoms with Gasteiger partial charge in [-0.2, -0.15) is 0 Å². The zero-order valence-electron chi connectivity index (χ0n) is 8.44. The Kier molecular flexibility index (Phi) is 2.99. The minimum Gasteiger partial charge on any atom is -0.392 e. The van der Waals surface area contributed by atoms with Crippen LogP contribution in [0.25, 0.3) is 0 Å². The SMILES string of the molecule is O=C1CCCNN1c1ccc(CO)cc1. The number of aliphatic hydroxyl groups excluding tert-OH is 1. The van der Waals surface area contributed by atoms with Crippen molar-refractivity contribution in [2.75, 3.05) is 11.6 Å². The molecular formula is C11H14N2O2. The highest BCUT2D eigenvalue weighted by Crippen LogP contribution is 2.17. The normalized spacial score (nSPS) is 16.9. The highest BCUT2D eigenvalue weighted by atomic mass is 16.3. The molecule has 1 fully saturated rings. The molecule has 4 heteroatoms. The van der Waals surface area contributed by atoms with Crippen LogP contribution in [0.5, 0.6) is 0 Å². The molecule has 0 bridgehead atoms. The van der Waals surface area contributed by atoms with Crippen LogP contribution in [0.1, 0.15) is 18.4 Å². The summed E-state index contributed by atoms with van der Waals surface area (Å²) in [7, 11) is 0. The van der Waals surface area contributed by atoms with E-state index in [1.54, 1.807) is 5.01 Å². The molecule has 0 aromatic heterocycles. The molecule has 0 aliphatic carbocycles. The summed E-state index contributed by atoms with van der Waals surface area (Å²) >= 11 is 0. The Bertz CT molecular complexity index is 348. The van der Waals surface area contributed by atoms with Gasteiger partial charge in [-0.15, -0.1) is 0 Å². The molecule has 0 saturated carbocycles. The van der Waals surface area contributed by atoms with E-state index in [1.807, 2.05) is 24.3 Å². The van der Waals surface area contributed by atoms with Crippen molar-refractivity contribution in [2.24, 2.45) is 0 Å². The number of carbonyl (C=O) groups is 1. The van der Waals surface area contributed by atoms with Crippen LogP contribution in [0.15, 0.2) is 24.3 Å². The molecule has 0 radical (unpaired) electrons. The molecule has 2 rings (SSSR count). The lowest BCUT2D eigenvalue weighted by molar-refractivity contribution is -0.120. The van der Waals surface area contributed by atoms with E-state index in [0.717, 1.165) is 24.2 Å². The van der Waals surface area contributed by atoms with Crippen LogP contribution in [-0.4, -0.2) is 17.6 Å². The van der Waals surface area contributed by atoms with Crippen LogP contribution in [-0.2, 0) is 11.4 Å². The van der Waals surface area contributed by atoms with Gasteiger partial charge >= 0.3 is 0 Å². The summed E-state index contributed by atoms with van der Waals surface area (Å²) < 4.78 is 0. The van der Waals surface area contributed by atoms with Crippen molar-refractivity contribution in [1.82, 2.24) is 5.43 Å². The second-order valence-corrected chi connectivity index (χ2v) is 3.57. The monoisotopic (exact) mass is 206 g/mol. The smallest absolute Gasteiger partial charge is 0.241 e. The molecule has 1 aromatic rings. The highest BCUT2D eigenvalue weighted by molar-refractivity contribution is 5.93. The second kappa shape index (κ2) is 4.42. The standard InChI is InChI=1S/C11H14N2O2/c14-8-9-3-5-10(6-4-9)13-11(15)2-1-7-12-13/h3-6,12,14H,1-2,7-8H2. The van der Waals surface area contributed by atoms with Gasteiger partial charge < -0.3 is 5.11 Å². The van der Waals surface area contributed by atoms with Crippen molar-refractivity contribution in [3.63, 3.8) is 0 Å². The van der Waals surface area contributed by atoms with E-state index in [-0.39, 0.29) is 12.5 Å². The third-order valence-corrected chi connectivity index (χ3v) is 2.46. The lowest BCUT2D eigenvalue weighted by Gasteiger charge is -2.27. The number of nitrogens with zero attached hydrogens (tertiary/aromatic N) is 1. The molecule has 0 spiro atoms. The van der Waals surface area contributed by atoms with Crippen molar-refractivity contribution in [2.45, 2.75) is 19.4 Å². The first-order valence-electron chi connectivity index (χ1n) is 5.07. The number of hydrogen-bond donors (Lipinski definition) is 2. The Balaban J connectivity index is 2.17. The zero-order chi connectivity index (χ0) is 10.7. The van der Waals surface area contributed by atoms with E-state index >= 15 is 0 Å². The average Bonchev–Trinajstić information content (AvgIpc) is 2.30. The van der Waals surface area contributed by atoms with E-state index in [4.69, 9.17) is 5.11 Å². The molecule has 1 heterocycles. The van der Waals surface area contributed by atoms with E-state index in [9.17, 15) is 4.79 Å². The molecule has 4 nitrogen and oxygen atoms in total. The maximum atomic E-state index is 11.6. The first-order chi connectivity index (χ1) is 7.31. The molecule has 2 N–H and O–H groups in total. The van der Waals surface area contributed by atoms with Gasteiger partial charge in [0.25, 0.3) is 0 Å². The minimum absolute atomic E-state index is 0.0294. The molecular weight excluding hydrogens is 192 g/mol. The highest BCUT2D eigenvalue weighted by Gasteiger charge is 2.18. The third kappa shape index (κ3) is 2.16. The molecule has 1 aliphatic rings. The summed E-state index contributed by atoms with van der Waals surface area (Å²) in [6.45, 7) is 0.856. The van der Waals surface area contributed by atoms with Gasteiger partial charge in [-0.1, -0.05) is 12.1 Å². The fourth-order valence-electron chi connectivity index (χ4n) is 1.62. The number of carbonyl (C=O) groups excluding carboxylic acids is 1. The minimum atomic E-state index is 0.0294. The number of hydrogen-bond acceptors (Lipinski definition) is 3. The van der Waals surface area contributed by atoms with Crippen molar-refractivity contribution < 1.29 is 9.90 Å². The van der Waals surface area contributed by atoms with Gasteiger partial charge in [0, 0.05) is 13.0 Å². The molecule has 1 aromatic carbocycles. The molecule has 15 heavy (non-hydrogen) atoms. The number of amides is 1. The number of benzene rings is 1. The maximum Gasteiger partial charge on any atom is 0.241 e. The largest absolute Gasteiger partial charge is 0.392 e. The van der Waals surface area contributed by atoms with Gasteiger partial charge in [0.05, 0.1) is 12.3 Å². The van der Waals surface area contributed by atoms with Crippen LogP contribution in [0.3, 0.4) is 0 Å². The Hall–Kier alpha value is -1.39. The average molecular weight is 206 g/mol. The van der Waals surface area contributed by atoms with Gasteiger partial charge in [0.2, 0.25) is 5.91 Å². The zero-order valence-corrected chi connectivity index (χ0v) is 8.44. The molecule has 0 atom stereocenters. The van der Waals surface area contributed by atoms with Gasteiger partial charge in [-0.05, 0) is 24.1 Å². The predicted octanol–water partition coefficient (Wildman–Crippen LogP) is 0.810. The van der Waals surface area contributed by atoms with E-state index in [0.29, 0.717) is 6.42 Å². The summed E-state index contributed by atoms with van der Waals surface area (Å²) in [5.41, 5.74) is 4.72. The topological polar surface area (TPSA) is 52.6 Å². The quantitative estimate of drug-likeness (QED) is 0.753. The first-order valence-corrected chi connectivity index (χ1v) is 5.07. The molecule has 80 valence electrons. The Morgan fingerprint density at radius 2 is 2.07 bits per heavy atom. The van der Waals surface area contributed by atoms with Gasteiger partial charge in [0.1, 0.15) is 0 Å². The van der Waals surface area contributed by atoms with E-state index < -0.39 is 0 Å². The summed E-state index contributed by atoms with van der Waals surface area (Å²) in [4.78, 5) is 11.6. The summed E-state index contributed by atoms with van der Waals surface area (Å²) in [6, 6.07) is 7.31. The summed E-state index contributed by atoms with van der Waals surface area (Å²) in [5.74, 6) is 0.0954. The van der Waals surface area contributed by atoms with Crippen molar-refractivity contribution in [3.8, 4) is 0 Å². The molecule has 0 unspecified atom stereocenters. The van der Waals surface area contributed by atoms with Crippen molar-refractivity contribution >= 4 is 11.6 Å². The fourth-order valence-corrected chi connectivity index (χ4v) is 1.62. The van der Waals surface area contributed by atoms with Crippen LogP contribution < -0.4 is 10.4 Å².